The summed E-state index contributed by atoms with van der Waals surface area (Å²) in [7, 11) is -3.55. The molecule has 1 saturated heterocycles. The average molecular weight is 460 g/mol. The molecule has 9 heteroatoms. The number of amides is 1. The lowest BCUT2D eigenvalue weighted by atomic mass is 10.1. The van der Waals surface area contributed by atoms with E-state index in [4.69, 9.17) is 9.47 Å². The standard InChI is InChI=1S/C23H29N3O5S/c1-17-3-8-21-20(13-17)26(32(2,28)29)16-22(31-21)23(27)24-14-18-4-6-19(7-5-18)15-25-9-11-30-12-10-25/h3-8,13,22H,9-12,14-16H2,1-2H3,(H,24,27). The van der Waals surface area contributed by atoms with E-state index in [1.165, 1.54) is 9.87 Å². The van der Waals surface area contributed by atoms with Gasteiger partial charge in [-0.25, -0.2) is 8.42 Å². The number of benzene rings is 2. The fourth-order valence-corrected chi connectivity index (χ4v) is 4.80. The number of hydrogen-bond donors (Lipinski definition) is 1. The van der Waals surface area contributed by atoms with E-state index in [2.05, 4.69) is 22.3 Å². The Balaban J connectivity index is 1.37. The Hall–Kier alpha value is -2.62. The van der Waals surface area contributed by atoms with Crippen LogP contribution in [0.1, 0.15) is 16.7 Å². The van der Waals surface area contributed by atoms with Crippen molar-refractivity contribution in [3.8, 4) is 5.75 Å². The molecule has 8 nitrogen and oxygen atoms in total. The Morgan fingerprint density at radius 2 is 1.78 bits per heavy atom. The Bertz CT molecular complexity index is 1070. The lowest BCUT2D eigenvalue weighted by Crippen LogP contribution is -2.50. The Morgan fingerprint density at radius 1 is 1.09 bits per heavy atom. The van der Waals surface area contributed by atoms with Crippen LogP contribution in [0.2, 0.25) is 0 Å². The summed E-state index contributed by atoms with van der Waals surface area (Å²) in [6.07, 6.45) is 0.221. The third-order valence-corrected chi connectivity index (χ3v) is 6.82. The number of carbonyl (C=O) groups excluding carboxylic acids is 1. The topological polar surface area (TPSA) is 88.2 Å². The van der Waals surface area contributed by atoms with Gasteiger partial charge in [-0.1, -0.05) is 30.3 Å². The zero-order valence-corrected chi connectivity index (χ0v) is 19.2. The van der Waals surface area contributed by atoms with Gasteiger partial charge in [0.25, 0.3) is 5.91 Å². The molecule has 0 spiro atoms. The van der Waals surface area contributed by atoms with Crippen LogP contribution in [0.5, 0.6) is 5.75 Å². The van der Waals surface area contributed by atoms with Crippen molar-refractivity contribution in [3.05, 3.63) is 59.2 Å². The van der Waals surface area contributed by atoms with Gasteiger partial charge in [0.1, 0.15) is 5.75 Å². The number of anilines is 1. The van der Waals surface area contributed by atoms with Crippen LogP contribution < -0.4 is 14.4 Å². The maximum Gasteiger partial charge on any atom is 0.263 e. The second-order valence-electron chi connectivity index (χ2n) is 8.29. The van der Waals surface area contributed by atoms with Gasteiger partial charge in [0.15, 0.2) is 6.10 Å². The number of rotatable bonds is 6. The summed E-state index contributed by atoms with van der Waals surface area (Å²) in [6.45, 7) is 6.47. The zero-order chi connectivity index (χ0) is 22.7. The Morgan fingerprint density at radius 3 is 2.47 bits per heavy atom. The predicted molar refractivity (Wildman–Crippen MR) is 122 cm³/mol. The predicted octanol–water partition coefficient (Wildman–Crippen LogP) is 1.67. The molecule has 1 atom stereocenters. The van der Waals surface area contributed by atoms with E-state index in [0.29, 0.717) is 18.0 Å². The van der Waals surface area contributed by atoms with Crippen molar-refractivity contribution in [1.82, 2.24) is 10.2 Å². The fraction of sp³-hybridized carbons (Fsp3) is 0.435. The molecule has 1 unspecified atom stereocenters. The average Bonchev–Trinajstić information content (AvgIpc) is 2.77. The molecule has 1 N–H and O–H groups in total. The molecule has 4 rings (SSSR count). The number of nitrogens with one attached hydrogen (secondary N) is 1. The minimum atomic E-state index is -3.55. The molecular formula is C23H29N3O5S. The van der Waals surface area contributed by atoms with Crippen molar-refractivity contribution in [1.29, 1.82) is 0 Å². The molecule has 2 aromatic carbocycles. The summed E-state index contributed by atoms with van der Waals surface area (Å²) < 4.78 is 37.1. The van der Waals surface area contributed by atoms with Gasteiger partial charge in [0, 0.05) is 26.2 Å². The molecular weight excluding hydrogens is 430 g/mol. The number of hydrogen-bond acceptors (Lipinski definition) is 6. The Labute approximate surface area is 189 Å². The van der Waals surface area contributed by atoms with E-state index >= 15 is 0 Å². The van der Waals surface area contributed by atoms with Gasteiger partial charge in [-0.05, 0) is 35.7 Å². The normalized spacial score (nSPS) is 19.2. The monoisotopic (exact) mass is 459 g/mol. The van der Waals surface area contributed by atoms with Crippen molar-refractivity contribution in [2.45, 2.75) is 26.1 Å². The summed E-state index contributed by atoms with van der Waals surface area (Å²) in [6, 6.07) is 13.4. The Kier molecular flexibility index (Phi) is 6.68. The number of morpholine rings is 1. The molecule has 0 aliphatic carbocycles. The van der Waals surface area contributed by atoms with Crippen molar-refractivity contribution in [2.24, 2.45) is 0 Å². The first-order valence-corrected chi connectivity index (χ1v) is 12.5. The second kappa shape index (κ2) is 9.48. The van der Waals surface area contributed by atoms with E-state index in [1.807, 2.05) is 25.1 Å². The van der Waals surface area contributed by atoms with Crippen LogP contribution in [0.3, 0.4) is 0 Å². The van der Waals surface area contributed by atoms with Gasteiger partial charge >= 0.3 is 0 Å². The molecule has 0 saturated carbocycles. The van der Waals surface area contributed by atoms with Crippen LogP contribution in [-0.4, -0.2) is 64.4 Å². The molecule has 2 heterocycles. The van der Waals surface area contributed by atoms with Crippen molar-refractivity contribution >= 4 is 21.6 Å². The quantitative estimate of drug-likeness (QED) is 0.707. The van der Waals surface area contributed by atoms with Gasteiger partial charge in [0.2, 0.25) is 10.0 Å². The number of ether oxygens (including phenoxy) is 2. The first kappa shape index (κ1) is 22.6. The van der Waals surface area contributed by atoms with E-state index in [-0.39, 0.29) is 12.5 Å². The van der Waals surface area contributed by atoms with E-state index in [1.54, 1.807) is 12.1 Å². The number of nitrogens with zero attached hydrogens (tertiary/aromatic N) is 2. The molecule has 1 amide bonds. The smallest absolute Gasteiger partial charge is 0.263 e. The number of aryl methyl sites for hydroxylation is 1. The van der Waals surface area contributed by atoms with Crippen LogP contribution >= 0.6 is 0 Å². The zero-order valence-electron chi connectivity index (χ0n) is 18.4. The van der Waals surface area contributed by atoms with Crippen LogP contribution in [-0.2, 0) is 32.6 Å². The first-order chi connectivity index (χ1) is 15.3. The van der Waals surface area contributed by atoms with Crippen molar-refractivity contribution < 1.29 is 22.7 Å². The third kappa shape index (κ3) is 5.40. The molecule has 0 radical (unpaired) electrons. The van der Waals surface area contributed by atoms with Gasteiger partial charge in [-0.3, -0.25) is 14.0 Å². The summed E-state index contributed by atoms with van der Waals surface area (Å²) in [5, 5.41) is 2.87. The SMILES string of the molecule is Cc1ccc2c(c1)N(S(C)(=O)=O)CC(C(=O)NCc1ccc(CN3CCOCC3)cc1)O2. The molecule has 1 fully saturated rings. The summed E-state index contributed by atoms with van der Waals surface area (Å²) >= 11 is 0. The summed E-state index contributed by atoms with van der Waals surface area (Å²) in [5.74, 6) is 0.0437. The molecule has 172 valence electrons. The minimum Gasteiger partial charge on any atom is -0.476 e. The largest absolute Gasteiger partial charge is 0.476 e. The maximum absolute atomic E-state index is 12.8. The third-order valence-electron chi connectivity index (χ3n) is 5.68. The fourth-order valence-electron chi connectivity index (χ4n) is 3.89. The van der Waals surface area contributed by atoms with Crippen LogP contribution in [0, 0.1) is 6.92 Å². The minimum absolute atomic E-state index is 0.0559. The molecule has 32 heavy (non-hydrogen) atoms. The van der Waals surface area contributed by atoms with Gasteiger partial charge in [0.05, 0.1) is 31.7 Å². The highest BCUT2D eigenvalue weighted by Gasteiger charge is 2.35. The number of sulfonamides is 1. The second-order valence-corrected chi connectivity index (χ2v) is 10.2. The summed E-state index contributed by atoms with van der Waals surface area (Å²) in [4.78, 5) is 15.1. The van der Waals surface area contributed by atoms with E-state index in [9.17, 15) is 13.2 Å². The van der Waals surface area contributed by atoms with Crippen LogP contribution in [0.4, 0.5) is 5.69 Å². The molecule has 2 aromatic rings. The highest BCUT2D eigenvalue weighted by atomic mass is 32.2. The lowest BCUT2D eigenvalue weighted by Gasteiger charge is -2.34. The number of fused-ring (bicyclic) bond motifs is 1. The highest BCUT2D eigenvalue weighted by molar-refractivity contribution is 7.92. The molecule has 0 bridgehead atoms. The highest BCUT2D eigenvalue weighted by Crippen LogP contribution is 2.35. The molecule has 2 aliphatic heterocycles. The first-order valence-electron chi connectivity index (χ1n) is 10.7. The maximum atomic E-state index is 12.8. The van der Waals surface area contributed by atoms with E-state index in [0.717, 1.165) is 50.2 Å². The van der Waals surface area contributed by atoms with Gasteiger partial charge in [-0.15, -0.1) is 0 Å². The molecule has 0 aromatic heterocycles. The molecule has 2 aliphatic rings. The van der Waals surface area contributed by atoms with Crippen LogP contribution in [0.15, 0.2) is 42.5 Å². The van der Waals surface area contributed by atoms with Crippen LogP contribution in [0.25, 0.3) is 0 Å². The number of carbonyl (C=O) groups is 1. The van der Waals surface area contributed by atoms with Crippen molar-refractivity contribution in [2.75, 3.05) is 43.4 Å². The van der Waals surface area contributed by atoms with Crippen molar-refractivity contribution in [3.63, 3.8) is 0 Å². The van der Waals surface area contributed by atoms with Gasteiger partial charge in [-0.2, -0.15) is 0 Å². The van der Waals surface area contributed by atoms with Gasteiger partial charge < -0.3 is 14.8 Å². The lowest BCUT2D eigenvalue weighted by molar-refractivity contribution is -0.127. The van der Waals surface area contributed by atoms with E-state index < -0.39 is 16.1 Å². The summed E-state index contributed by atoms with van der Waals surface area (Å²) in [5.41, 5.74) is 3.57.